The number of benzene rings is 2. The van der Waals surface area contributed by atoms with Crippen LogP contribution in [0.1, 0.15) is 0 Å². The number of aromatic nitrogens is 4. The smallest absolute Gasteiger partial charge is 0.258 e. The molecular weight excluding hydrogens is 412 g/mol. The average molecular weight is 428 g/mol. The molecular formula is C20H16F2N5O2S+. The Morgan fingerprint density at radius 3 is 2.60 bits per heavy atom. The number of para-hydroxylation sites is 2. The molecule has 2 aromatic carbocycles. The van der Waals surface area contributed by atoms with Gasteiger partial charge in [-0.25, -0.2) is 31.7 Å². The van der Waals surface area contributed by atoms with Gasteiger partial charge in [-0.3, -0.25) is 4.72 Å². The van der Waals surface area contributed by atoms with Crippen LogP contribution in [-0.2, 0) is 16.6 Å². The number of halogens is 2. The molecule has 2 aromatic heterocycles. The van der Waals surface area contributed by atoms with Crippen molar-refractivity contribution in [1.29, 1.82) is 0 Å². The minimum Gasteiger partial charge on any atom is -0.258 e. The molecule has 4 aromatic rings. The monoisotopic (exact) mass is 428 g/mol. The van der Waals surface area contributed by atoms with Gasteiger partial charge in [0.15, 0.2) is 0 Å². The molecule has 0 unspecified atom stereocenters. The minimum atomic E-state index is -4.47. The molecule has 0 fully saturated rings. The summed E-state index contributed by atoms with van der Waals surface area (Å²) in [5, 5.41) is 0. The van der Waals surface area contributed by atoms with Gasteiger partial charge in [0.2, 0.25) is 5.82 Å². The lowest BCUT2D eigenvalue weighted by Crippen LogP contribution is -2.29. The van der Waals surface area contributed by atoms with Crippen molar-refractivity contribution in [2.24, 2.45) is 0 Å². The Morgan fingerprint density at radius 2 is 1.87 bits per heavy atom. The number of hydrogen-bond donors (Lipinski definition) is 1. The Bertz CT molecular complexity index is 1370. The summed E-state index contributed by atoms with van der Waals surface area (Å²) in [4.78, 5) is 8.03. The number of nitrogens with one attached hydrogen (secondary N) is 1. The molecule has 4 rings (SSSR count). The van der Waals surface area contributed by atoms with Crippen LogP contribution < -0.4 is 9.29 Å². The molecule has 152 valence electrons. The number of imidazole rings is 1. The molecule has 0 spiro atoms. The van der Waals surface area contributed by atoms with E-state index in [1.54, 1.807) is 58.2 Å². The molecule has 0 radical (unpaired) electrons. The van der Waals surface area contributed by atoms with Gasteiger partial charge in [0.05, 0.1) is 11.0 Å². The highest BCUT2D eigenvalue weighted by molar-refractivity contribution is 7.92. The number of allylic oxidation sites excluding steroid dienone is 1. The molecule has 7 nitrogen and oxygen atoms in total. The van der Waals surface area contributed by atoms with Crippen LogP contribution >= 0.6 is 0 Å². The Labute approximate surface area is 171 Å². The second-order valence-corrected chi connectivity index (χ2v) is 8.02. The number of anilines is 1. The van der Waals surface area contributed by atoms with Gasteiger partial charge in [-0.1, -0.05) is 24.8 Å². The molecule has 30 heavy (non-hydrogen) atoms. The zero-order valence-electron chi connectivity index (χ0n) is 15.5. The molecule has 2 heterocycles. The van der Waals surface area contributed by atoms with Gasteiger partial charge in [-0.15, -0.1) is 0 Å². The fourth-order valence-corrected chi connectivity index (χ4v) is 3.98. The Morgan fingerprint density at radius 1 is 1.13 bits per heavy atom. The van der Waals surface area contributed by atoms with Crippen LogP contribution in [0.3, 0.4) is 0 Å². The van der Waals surface area contributed by atoms with Crippen molar-refractivity contribution < 1.29 is 21.8 Å². The van der Waals surface area contributed by atoms with Crippen molar-refractivity contribution in [3.63, 3.8) is 0 Å². The van der Waals surface area contributed by atoms with E-state index in [-0.39, 0.29) is 11.6 Å². The summed E-state index contributed by atoms with van der Waals surface area (Å²) in [6.45, 7) is 4.21. The van der Waals surface area contributed by atoms with Gasteiger partial charge in [-0.05, 0) is 30.3 Å². The van der Waals surface area contributed by atoms with Crippen LogP contribution in [0.15, 0.2) is 78.7 Å². The lowest BCUT2D eigenvalue weighted by Gasteiger charge is -2.11. The molecule has 0 aliphatic rings. The Balaban J connectivity index is 1.86. The minimum absolute atomic E-state index is 0.126. The maximum atomic E-state index is 14.1. The van der Waals surface area contributed by atoms with E-state index in [9.17, 15) is 17.2 Å². The summed E-state index contributed by atoms with van der Waals surface area (Å²) in [5.74, 6) is -1.91. The van der Waals surface area contributed by atoms with Gasteiger partial charge in [0.25, 0.3) is 22.2 Å². The molecule has 0 atom stereocenters. The molecule has 0 saturated carbocycles. The van der Waals surface area contributed by atoms with E-state index in [1.165, 1.54) is 0 Å². The van der Waals surface area contributed by atoms with Crippen molar-refractivity contribution in [1.82, 2.24) is 14.5 Å². The lowest BCUT2D eigenvalue weighted by atomic mass is 10.3. The molecule has 10 heteroatoms. The zero-order valence-corrected chi connectivity index (χ0v) is 16.4. The number of nitrogens with zero attached hydrogens (tertiary/aromatic N) is 4. The van der Waals surface area contributed by atoms with Crippen LogP contribution in [0, 0.1) is 11.6 Å². The third-order valence-corrected chi connectivity index (χ3v) is 5.60. The van der Waals surface area contributed by atoms with Crippen LogP contribution in [-0.4, -0.2) is 23.0 Å². The largest absolute Gasteiger partial charge is 0.270 e. The molecule has 0 aliphatic carbocycles. The average Bonchev–Trinajstić information content (AvgIpc) is 3.17. The first-order valence-corrected chi connectivity index (χ1v) is 10.3. The van der Waals surface area contributed by atoms with Crippen LogP contribution in [0.5, 0.6) is 0 Å². The Kier molecular flexibility index (Phi) is 5.00. The van der Waals surface area contributed by atoms with Crippen molar-refractivity contribution in [3.8, 4) is 5.82 Å². The molecule has 0 bridgehead atoms. The summed E-state index contributed by atoms with van der Waals surface area (Å²) in [5.41, 5.74) is 0.973. The van der Waals surface area contributed by atoms with E-state index >= 15 is 0 Å². The predicted octanol–water partition coefficient (Wildman–Crippen LogP) is 2.97. The van der Waals surface area contributed by atoms with E-state index < -0.39 is 26.6 Å². The first-order chi connectivity index (χ1) is 14.4. The second-order valence-electron chi connectivity index (χ2n) is 6.37. The van der Waals surface area contributed by atoms with E-state index in [0.717, 1.165) is 12.1 Å². The van der Waals surface area contributed by atoms with Crippen LogP contribution in [0.25, 0.3) is 16.9 Å². The highest BCUT2D eigenvalue weighted by atomic mass is 32.2. The zero-order chi connectivity index (χ0) is 21.3. The van der Waals surface area contributed by atoms with E-state index in [1.807, 2.05) is 0 Å². The standard InChI is InChI=1S/C20H16F2N5O2S/c1-2-9-26-10-11-27(13-26)20-19(23-16-5-3-4-6-17(16)24-20)25-30(28,29)18-12-14(21)7-8-15(18)22/h2-8,10-13H,1,9H2,(H,23,25)/q+1. The highest BCUT2D eigenvalue weighted by Gasteiger charge is 2.25. The van der Waals surface area contributed by atoms with E-state index in [2.05, 4.69) is 21.3 Å². The third kappa shape index (κ3) is 3.77. The summed E-state index contributed by atoms with van der Waals surface area (Å²) >= 11 is 0. The van der Waals surface area contributed by atoms with Gasteiger partial charge < -0.3 is 0 Å². The second kappa shape index (κ2) is 7.64. The maximum Gasteiger partial charge on any atom is 0.270 e. The van der Waals surface area contributed by atoms with Crippen LogP contribution in [0.4, 0.5) is 14.6 Å². The quantitative estimate of drug-likeness (QED) is 0.378. The number of rotatable bonds is 6. The first-order valence-electron chi connectivity index (χ1n) is 8.80. The Hall–Kier alpha value is -3.66. The van der Waals surface area contributed by atoms with E-state index in [0.29, 0.717) is 23.6 Å². The SMILES string of the molecule is C=CC[n+]1ccn(-c2nc3ccccc3nc2NS(=O)(=O)c2cc(F)ccc2F)c1. The first kappa shape index (κ1) is 19.6. The summed E-state index contributed by atoms with van der Waals surface area (Å²) < 4.78 is 58.8. The van der Waals surface area contributed by atoms with Gasteiger partial charge in [0, 0.05) is 0 Å². The summed E-state index contributed by atoms with van der Waals surface area (Å²) in [7, 11) is -4.47. The van der Waals surface area contributed by atoms with Crippen molar-refractivity contribution in [2.75, 3.05) is 4.72 Å². The maximum absolute atomic E-state index is 14.1. The summed E-state index contributed by atoms with van der Waals surface area (Å²) in [6.07, 6.45) is 6.81. The molecule has 0 saturated heterocycles. The topological polar surface area (TPSA) is 80.8 Å². The fraction of sp³-hybridized carbons (Fsp3) is 0.0500. The predicted molar refractivity (Wildman–Crippen MR) is 106 cm³/mol. The number of hydrogen-bond acceptors (Lipinski definition) is 4. The number of sulfonamides is 1. The van der Waals surface area contributed by atoms with Crippen LogP contribution in [0.2, 0.25) is 0 Å². The fourth-order valence-electron chi connectivity index (χ4n) is 2.88. The number of fused-ring (bicyclic) bond motifs is 1. The van der Waals surface area contributed by atoms with E-state index in [4.69, 9.17) is 0 Å². The van der Waals surface area contributed by atoms with Crippen molar-refractivity contribution in [2.45, 2.75) is 11.4 Å². The third-order valence-electron chi connectivity index (χ3n) is 4.24. The molecule has 0 amide bonds. The van der Waals surface area contributed by atoms with Gasteiger partial charge >= 0.3 is 0 Å². The lowest BCUT2D eigenvalue weighted by molar-refractivity contribution is -0.686. The normalized spacial score (nSPS) is 11.5. The van der Waals surface area contributed by atoms with Crippen molar-refractivity contribution in [3.05, 3.63) is 85.5 Å². The molecule has 0 aliphatic heterocycles. The van der Waals surface area contributed by atoms with Gasteiger partial charge in [-0.2, -0.15) is 4.57 Å². The van der Waals surface area contributed by atoms with Crippen molar-refractivity contribution >= 4 is 26.9 Å². The molecule has 1 N–H and O–H groups in total. The van der Waals surface area contributed by atoms with Gasteiger partial charge in [0.1, 0.15) is 35.5 Å². The highest BCUT2D eigenvalue weighted by Crippen LogP contribution is 2.24. The summed E-state index contributed by atoms with van der Waals surface area (Å²) in [6, 6.07) is 9.11.